The summed E-state index contributed by atoms with van der Waals surface area (Å²) < 4.78 is 24.3. The van der Waals surface area contributed by atoms with Crippen molar-refractivity contribution in [2.24, 2.45) is 4.99 Å². The van der Waals surface area contributed by atoms with Crippen LogP contribution in [-0.4, -0.2) is 46.5 Å². The monoisotopic (exact) mass is 503 g/mol. The smallest absolute Gasteiger partial charge is 0.191 e. The molecule has 23 heavy (non-hydrogen) atoms. The molecule has 0 bridgehead atoms. The fraction of sp³-hybridized carbons (Fsp3) is 0.533. The number of nitrogens with zero attached hydrogens (tertiary/aromatic N) is 1. The first-order chi connectivity index (χ1) is 10.7. The van der Waals surface area contributed by atoms with Gasteiger partial charge in [-0.3, -0.25) is 4.99 Å². The average molecular weight is 504 g/mol. The fourth-order valence-electron chi connectivity index (χ4n) is 1.70. The Kier molecular flexibility index (Phi) is 13.7. The summed E-state index contributed by atoms with van der Waals surface area (Å²) >= 11 is 3.40. The van der Waals surface area contributed by atoms with Gasteiger partial charge in [0.15, 0.2) is 5.96 Å². The van der Waals surface area contributed by atoms with Gasteiger partial charge in [-0.05, 0) is 30.2 Å². The molecule has 0 aliphatic heterocycles. The zero-order chi connectivity index (χ0) is 16.2. The summed E-state index contributed by atoms with van der Waals surface area (Å²) in [7, 11) is 3.35. The second-order valence-corrected chi connectivity index (χ2v) is 5.40. The zero-order valence-electron chi connectivity index (χ0n) is 13.4. The summed E-state index contributed by atoms with van der Waals surface area (Å²) in [4.78, 5) is 4.13. The minimum atomic E-state index is -0.254. The van der Waals surface area contributed by atoms with Crippen molar-refractivity contribution in [3.8, 4) is 0 Å². The van der Waals surface area contributed by atoms with Crippen molar-refractivity contribution >= 4 is 45.9 Å². The predicted octanol–water partition coefficient (Wildman–Crippen LogP) is 2.92. The van der Waals surface area contributed by atoms with E-state index in [1.165, 1.54) is 12.1 Å². The van der Waals surface area contributed by atoms with Crippen LogP contribution in [0.25, 0.3) is 0 Å². The predicted molar refractivity (Wildman–Crippen MR) is 105 cm³/mol. The van der Waals surface area contributed by atoms with Crippen LogP contribution in [-0.2, 0) is 16.0 Å². The van der Waals surface area contributed by atoms with Crippen molar-refractivity contribution in [1.82, 2.24) is 10.6 Å². The van der Waals surface area contributed by atoms with Gasteiger partial charge in [-0.1, -0.05) is 15.9 Å². The Labute approximate surface area is 162 Å². The first kappa shape index (κ1) is 22.6. The number of benzene rings is 1. The molecule has 0 radical (unpaired) electrons. The molecule has 132 valence electrons. The van der Waals surface area contributed by atoms with Crippen LogP contribution in [0.15, 0.2) is 27.7 Å². The van der Waals surface area contributed by atoms with E-state index in [9.17, 15) is 4.39 Å². The third-order valence-corrected chi connectivity index (χ3v) is 3.64. The van der Waals surface area contributed by atoms with Gasteiger partial charge in [0.05, 0.1) is 13.2 Å². The van der Waals surface area contributed by atoms with Gasteiger partial charge in [-0.25, -0.2) is 4.39 Å². The Morgan fingerprint density at radius 1 is 1.26 bits per heavy atom. The summed E-state index contributed by atoms with van der Waals surface area (Å²) in [6.45, 7) is 3.12. The number of rotatable bonds is 9. The number of nitrogens with one attached hydrogen (secondary N) is 2. The summed E-state index contributed by atoms with van der Waals surface area (Å²) in [5.41, 5.74) is 0.839. The van der Waals surface area contributed by atoms with Crippen LogP contribution in [0.1, 0.15) is 12.0 Å². The third-order valence-electron chi connectivity index (χ3n) is 2.87. The van der Waals surface area contributed by atoms with Gasteiger partial charge in [-0.2, -0.15) is 0 Å². The number of halogens is 3. The Morgan fingerprint density at radius 2 is 2.04 bits per heavy atom. The van der Waals surface area contributed by atoms with Crippen LogP contribution in [0.4, 0.5) is 4.39 Å². The lowest BCUT2D eigenvalue weighted by molar-refractivity contribution is 0.0698. The van der Waals surface area contributed by atoms with Crippen LogP contribution in [0.2, 0.25) is 0 Å². The fourth-order valence-corrected chi connectivity index (χ4v) is 2.09. The van der Waals surface area contributed by atoms with E-state index in [0.29, 0.717) is 32.3 Å². The molecule has 0 aliphatic carbocycles. The summed E-state index contributed by atoms with van der Waals surface area (Å²) in [5.74, 6) is 0.421. The maximum atomic E-state index is 13.2. The van der Waals surface area contributed by atoms with Crippen LogP contribution in [0.3, 0.4) is 0 Å². The van der Waals surface area contributed by atoms with E-state index in [1.807, 2.05) is 0 Å². The largest absolute Gasteiger partial charge is 0.382 e. The molecule has 0 spiro atoms. The van der Waals surface area contributed by atoms with Gasteiger partial charge in [0.25, 0.3) is 0 Å². The molecule has 0 amide bonds. The van der Waals surface area contributed by atoms with Gasteiger partial charge in [-0.15, -0.1) is 24.0 Å². The van der Waals surface area contributed by atoms with E-state index in [2.05, 4.69) is 31.6 Å². The van der Waals surface area contributed by atoms with E-state index in [1.54, 1.807) is 20.2 Å². The lowest BCUT2D eigenvalue weighted by atomic mass is 10.2. The lowest BCUT2D eigenvalue weighted by Crippen LogP contribution is -2.37. The van der Waals surface area contributed by atoms with Gasteiger partial charge in [0.1, 0.15) is 5.82 Å². The van der Waals surface area contributed by atoms with E-state index in [-0.39, 0.29) is 29.8 Å². The maximum Gasteiger partial charge on any atom is 0.191 e. The minimum Gasteiger partial charge on any atom is -0.382 e. The number of guanidine groups is 1. The van der Waals surface area contributed by atoms with E-state index in [4.69, 9.17) is 9.47 Å². The van der Waals surface area contributed by atoms with E-state index >= 15 is 0 Å². The van der Waals surface area contributed by atoms with Crippen molar-refractivity contribution in [3.05, 3.63) is 34.1 Å². The molecular formula is C15H24BrFIN3O2. The minimum absolute atomic E-state index is 0. The molecule has 0 aromatic heterocycles. The van der Waals surface area contributed by atoms with Crippen LogP contribution >= 0.6 is 39.9 Å². The van der Waals surface area contributed by atoms with Crippen LogP contribution in [0, 0.1) is 5.82 Å². The molecule has 0 atom stereocenters. The quantitative estimate of drug-likeness (QED) is 0.235. The SMILES string of the molecule is CN=C(NCCCOCCOC)NCc1cc(F)ccc1Br.I. The highest BCUT2D eigenvalue weighted by Crippen LogP contribution is 2.17. The molecule has 5 nitrogen and oxygen atoms in total. The molecule has 0 heterocycles. The molecule has 1 aromatic rings. The number of ether oxygens (including phenoxy) is 2. The molecule has 2 N–H and O–H groups in total. The second-order valence-electron chi connectivity index (χ2n) is 4.55. The van der Waals surface area contributed by atoms with E-state index in [0.717, 1.165) is 23.0 Å². The molecule has 0 aliphatic rings. The molecule has 0 saturated carbocycles. The Morgan fingerprint density at radius 3 is 2.74 bits per heavy atom. The lowest BCUT2D eigenvalue weighted by Gasteiger charge is -2.13. The number of hydrogen-bond acceptors (Lipinski definition) is 3. The van der Waals surface area contributed by atoms with Crippen molar-refractivity contribution in [2.75, 3.05) is 40.5 Å². The summed E-state index contributed by atoms with van der Waals surface area (Å²) in [5, 5.41) is 6.33. The average Bonchev–Trinajstić information content (AvgIpc) is 2.52. The van der Waals surface area contributed by atoms with Gasteiger partial charge in [0, 0.05) is 38.3 Å². The van der Waals surface area contributed by atoms with Crippen molar-refractivity contribution in [3.63, 3.8) is 0 Å². The molecule has 0 saturated heterocycles. The van der Waals surface area contributed by atoms with Gasteiger partial charge in [0.2, 0.25) is 0 Å². The standard InChI is InChI=1S/C15H23BrFN3O2.HI/c1-18-15(19-6-3-7-22-9-8-21-2)20-11-12-10-13(17)4-5-14(12)16;/h4-5,10H,3,6-9,11H2,1-2H3,(H2,18,19,20);1H. The first-order valence-corrected chi connectivity index (χ1v) is 7.91. The Bertz CT molecular complexity index is 478. The van der Waals surface area contributed by atoms with E-state index < -0.39 is 0 Å². The highest BCUT2D eigenvalue weighted by atomic mass is 127. The number of hydrogen-bond donors (Lipinski definition) is 2. The molecule has 8 heteroatoms. The number of methoxy groups -OCH3 is 1. The second kappa shape index (κ2) is 13.9. The van der Waals surface area contributed by atoms with Crippen LogP contribution < -0.4 is 10.6 Å². The molecule has 1 rings (SSSR count). The maximum absolute atomic E-state index is 13.2. The zero-order valence-corrected chi connectivity index (χ0v) is 17.3. The van der Waals surface area contributed by atoms with Crippen molar-refractivity contribution < 1.29 is 13.9 Å². The molecule has 1 aromatic carbocycles. The van der Waals surface area contributed by atoms with Crippen molar-refractivity contribution in [2.45, 2.75) is 13.0 Å². The Balaban J connectivity index is 0.00000484. The summed E-state index contributed by atoms with van der Waals surface area (Å²) in [6.07, 6.45) is 0.869. The molecular weight excluding hydrogens is 480 g/mol. The Hall–Kier alpha value is -0.450. The van der Waals surface area contributed by atoms with Gasteiger partial charge >= 0.3 is 0 Å². The normalized spacial score (nSPS) is 11.0. The number of aliphatic imine (C=N–C) groups is 1. The molecule has 0 fully saturated rings. The van der Waals surface area contributed by atoms with Crippen molar-refractivity contribution in [1.29, 1.82) is 0 Å². The topological polar surface area (TPSA) is 54.9 Å². The third kappa shape index (κ3) is 10.1. The highest BCUT2D eigenvalue weighted by Gasteiger charge is 2.03. The molecule has 0 unspecified atom stereocenters. The van der Waals surface area contributed by atoms with Crippen LogP contribution in [0.5, 0.6) is 0 Å². The summed E-state index contributed by atoms with van der Waals surface area (Å²) in [6, 6.07) is 4.61. The highest BCUT2D eigenvalue weighted by molar-refractivity contribution is 14.0. The van der Waals surface area contributed by atoms with Gasteiger partial charge < -0.3 is 20.1 Å². The first-order valence-electron chi connectivity index (χ1n) is 7.12.